The zero-order chi connectivity index (χ0) is 20.2. The number of benzene rings is 3. The summed E-state index contributed by atoms with van der Waals surface area (Å²) in [4.78, 5) is 1.35. The predicted molar refractivity (Wildman–Crippen MR) is 126 cm³/mol. The molecular formula is C28H22NS+. The Labute approximate surface area is 181 Å². The zero-order valence-corrected chi connectivity index (χ0v) is 17.4. The van der Waals surface area contributed by atoms with Crippen LogP contribution in [-0.4, -0.2) is 0 Å². The van der Waals surface area contributed by atoms with Crippen molar-refractivity contribution in [1.29, 1.82) is 0 Å². The lowest BCUT2D eigenvalue weighted by Crippen LogP contribution is -2.39. The van der Waals surface area contributed by atoms with E-state index in [0.717, 1.165) is 6.54 Å². The summed E-state index contributed by atoms with van der Waals surface area (Å²) < 4.78 is 2.45. The predicted octanol–water partition coefficient (Wildman–Crippen LogP) is 7.08. The molecule has 0 atom stereocenters. The number of thiophene rings is 1. The Bertz CT molecular complexity index is 1170. The third-order valence-corrected chi connectivity index (χ3v) is 6.17. The largest absolute Gasteiger partial charge is 0.213 e. The highest BCUT2D eigenvalue weighted by atomic mass is 32.1. The van der Waals surface area contributed by atoms with Gasteiger partial charge in [0.25, 0.3) is 0 Å². The molecule has 30 heavy (non-hydrogen) atoms. The van der Waals surface area contributed by atoms with Crippen molar-refractivity contribution in [3.8, 4) is 33.6 Å². The highest BCUT2D eigenvalue weighted by Crippen LogP contribution is 2.29. The normalized spacial score (nSPS) is 10.8. The Morgan fingerprint density at radius 3 is 1.47 bits per heavy atom. The van der Waals surface area contributed by atoms with Crippen molar-refractivity contribution in [1.82, 2.24) is 0 Å². The lowest BCUT2D eigenvalue weighted by molar-refractivity contribution is -0.666. The second kappa shape index (κ2) is 8.48. The van der Waals surface area contributed by atoms with Crippen molar-refractivity contribution >= 4 is 11.3 Å². The summed E-state index contributed by atoms with van der Waals surface area (Å²) in [5, 5.41) is 2.15. The summed E-state index contributed by atoms with van der Waals surface area (Å²) in [5.74, 6) is 0. The number of hydrogen-bond donors (Lipinski definition) is 0. The molecule has 144 valence electrons. The van der Waals surface area contributed by atoms with E-state index >= 15 is 0 Å². The van der Waals surface area contributed by atoms with Crippen LogP contribution in [0.1, 0.15) is 4.88 Å². The van der Waals surface area contributed by atoms with E-state index in [1.165, 1.54) is 38.5 Å². The van der Waals surface area contributed by atoms with Gasteiger partial charge in [-0.05, 0) is 46.8 Å². The molecule has 5 aromatic rings. The topological polar surface area (TPSA) is 3.88 Å². The SMILES string of the molecule is c1ccc(-c2cc(-c3ccccc3)[n+](Cc3cccs3)c(-c3ccccc3)c2)cc1. The second-order valence-electron chi connectivity index (χ2n) is 7.28. The molecule has 2 heterocycles. The lowest BCUT2D eigenvalue weighted by Gasteiger charge is -2.12. The Morgan fingerprint density at radius 2 is 1.00 bits per heavy atom. The monoisotopic (exact) mass is 404 g/mol. The van der Waals surface area contributed by atoms with Crippen molar-refractivity contribution in [2.45, 2.75) is 6.54 Å². The van der Waals surface area contributed by atoms with E-state index in [1.807, 2.05) is 0 Å². The molecule has 0 radical (unpaired) electrons. The van der Waals surface area contributed by atoms with Crippen LogP contribution in [0.3, 0.4) is 0 Å². The van der Waals surface area contributed by atoms with Gasteiger partial charge in [0.05, 0.1) is 4.88 Å². The molecule has 5 rings (SSSR count). The minimum atomic E-state index is 0.848. The van der Waals surface area contributed by atoms with Crippen LogP contribution in [0.25, 0.3) is 33.6 Å². The number of hydrogen-bond acceptors (Lipinski definition) is 1. The first-order chi connectivity index (χ1) is 14.9. The Balaban J connectivity index is 1.80. The van der Waals surface area contributed by atoms with Gasteiger partial charge < -0.3 is 0 Å². The van der Waals surface area contributed by atoms with Crippen LogP contribution < -0.4 is 4.57 Å². The van der Waals surface area contributed by atoms with Crippen LogP contribution >= 0.6 is 11.3 Å². The van der Waals surface area contributed by atoms with E-state index < -0.39 is 0 Å². The highest BCUT2D eigenvalue weighted by molar-refractivity contribution is 7.09. The van der Waals surface area contributed by atoms with Gasteiger partial charge in [0.15, 0.2) is 6.54 Å². The van der Waals surface area contributed by atoms with E-state index in [1.54, 1.807) is 11.3 Å². The maximum atomic E-state index is 2.45. The number of pyridine rings is 1. The van der Waals surface area contributed by atoms with Crippen LogP contribution in [0.15, 0.2) is 121 Å². The molecular weight excluding hydrogens is 382 g/mol. The second-order valence-corrected chi connectivity index (χ2v) is 8.31. The van der Waals surface area contributed by atoms with Gasteiger partial charge in [-0.2, -0.15) is 4.57 Å². The van der Waals surface area contributed by atoms with E-state index in [4.69, 9.17) is 0 Å². The van der Waals surface area contributed by atoms with Gasteiger partial charge in [0, 0.05) is 23.3 Å². The minimum Gasteiger partial charge on any atom is -0.186 e. The van der Waals surface area contributed by atoms with E-state index in [2.05, 4.69) is 125 Å². The molecule has 1 nitrogen and oxygen atoms in total. The molecule has 0 amide bonds. The van der Waals surface area contributed by atoms with Crippen molar-refractivity contribution < 1.29 is 4.57 Å². The van der Waals surface area contributed by atoms with Gasteiger partial charge in [0.1, 0.15) is 0 Å². The Kier molecular flexibility index (Phi) is 5.24. The molecule has 0 saturated heterocycles. The molecule has 0 fully saturated rings. The fourth-order valence-electron chi connectivity index (χ4n) is 3.84. The first kappa shape index (κ1) is 18.5. The molecule has 3 aromatic carbocycles. The number of nitrogens with zero attached hydrogens (tertiary/aromatic N) is 1. The van der Waals surface area contributed by atoms with Crippen molar-refractivity contribution in [2.75, 3.05) is 0 Å². The van der Waals surface area contributed by atoms with Crippen molar-refractivity contribution in [3.05, 3.63) is 126 Å². The van der Waals surface area contributed by atoms with Gasteiger partial charge in [-0.15, -0.1) is 11.3 Å². The fourth-order valence-corrected chi connectivity index (χ4v) is 4.54. The van der Waals surface area contributed by atoms with Crippen LogP contribution in [0.5, 0.6) is 0 Å². The Hall–Kier alpha value is -3.49. The maximum absolute atomic E-state index is 2.45. The van der Waals surface area contributed by atoms with Crippen LogP contribution in [0, 0.1) is 0 Å². The molecule has 2 heteroatoms. The van der Waals surface area contributed by atoms with E-state index in [-0.39, 0.29) is 0 Å². The van der Waals surface area contributed by atoms with Gasteiger partial charge in [-0.3, -0.25) is 0 Å². The van der Waals surface area contributed by atoms with Crippen molar-refractivity contribution in [3.63, 3.8) is 0 Å². The Morgan fingerprint density at radius 1 is 0.500 bits per heavy atom. The average Bonchev–Trinajstić information content (AvgIpc) is 3.34. The number of rotatable bonds is 5. The van der Waals surface area contributed by atoms with Crippen LogP contribution in [0.2, 0.25) is 0 Å². The molecule has 0 aliphatic rings. The van der Waals surface area contributed by atoms with Crippen LogP contribution in [0.4, 0.5) is 0 Å². The maximum Gasteiger partial charge on any atom is 0.213 e. The van der Waals surface area contributed by atoms with Gasteiger partial charge >= 0.3 is 0 Å². The van der Waals surface area contributed by atoms with Crippen molar-refractivity contribution in [2.24, 2.45) is 0 Å². The van der Waals surface area contributed by atoms with Gasteiger partial charge in [-0.25, -0.2) is 0 Å². The van der Waals surface area contributed by atoms with Gasteiger partial charge in [0.2, 0.25) is 11.4 Å². The molecule has 0 saturated carbocycles. The molecule has 0 spiro atoms. The highest BCUT2D eigenvalue weighted by Gasteiger charge is 2.23. The third kappa shape index (κ3) is 3.83. The quantitative estimate of drug-likeness (QED) is 0.275. The zero-order valence-electron chi connectivity index (χ0n) is 16.6. The average molecular weight is 405 g/mol. The summed E-state index contributed by atoms with van der Waals surface area (Å²) in [6.07, 6.45) is 0. The molecule has 0 aliphatic carbocycles. The molecule has 0 unspecified atom stereocenters. The molecule has 2 aromatic heterocycles. The third-order valence-electron chi connectivity index (χ3n) is 5.31. The standard InChI is InChI=1S/C28H22NS/c1-4-11-22(12-5-1)25-19-27(23-13-6-2-7-14-23)29(21-26-17-10-18-30-26)28(20-25)24-15-8-3-9-16-24/h1-20H,21H2/q+1. The molecule has 0 bridgehead atoms. The summed E-state index contributed by atoms with van der Waals surface area (Å²) in [5.41, 5.74) is 7.37. The summed E-state index contributed by atoms with van der Waals surface area (Å²) >= 11 is 1.81. The first-order valence-corrected chi connectivity index (χ1v) is 11.0. The van der Waals surface area contributed by atoms with Crippen LogP contribution in [-0.2, 0) is 6.54 Å². The smallest absolute Gasteiger partial charge is 0.186 e. The lowest BCUT2D eigenvalue weighted by atomic mass is 9.99. The van der Waals surface area contributed by atoms with E-state index in [0.29, 0.717) is 0 Å². The first-order valence-electron chi connectivity index (χ1n) is 10.1. The molecule has 0 N–H and O–H groups in total. The van der Waals surface area contributed by atoms with E-state index in [9.17, 15) is 0 Å². The minimum absolute atomic E-state index is 0.848. The summed E-state index contributed by atoms with van der Waals surface area (Å²) in [6.45, 7) is 0.848. The number of aromatic nitrogens is 1. The van der Waals surface area contributed by atoms with Gasteiger partial charge in [-0.1, -0.05) is 72.8 Å². The summed E-state index contributed by atoms with van der Waals surface area (Å²) in [6, 6.07) is 41.0. The summed E-state index contributed by atoms with van der Waals surface area (Å²) in [7, 11) is 0. The fraction of sp³-hybridized carbons (Fsp3) is 0.0357. The molecule has 0 aliphatic heterocycles.